The molecule has 0 amide bonds. The number of benzene rings is 1. The molecule has 3 nitrogen and oxygen atoms in total. The summed E-state index contributed by atoms with van der Waals surface area (Å²) in [4.78, 5) is 6.91. The average Bonchev–Trinajstić information content (AvgIpc) is 2.61. The minimum Gasteiger partial charge on any atom is -0.354 e. The quantitative estimate of drug-likeness (QED) is 0.872. The first-order chi connectivity index (χ1) is 11.7. The maximum Gasteiger partial charge on any atom is 0.128 e. The number of aromatic nitrogens is 1. The molecule has 3 rings (SSSR count). The average molecular weight is 323 g/mol. The molecule has 1 aliphatic heterocycles. The molecule has 0 aliphatic carbocycles. The second-order valence-corrected chi connectivity index (χ2v) is 5.92. The Morgan fingerprint density at radius 3 is 2.67 bits per heavy atom. The maximum absolute atomic E-state index is 13.4. The number of nitrogens with one attached hydrogen (secondary N) is 1. The highest BCUT2D eigenvalue weighted by atomic mass is 19.1. The third kappa shape index (κ3) is 3.54. The Morgan fingerprint density at radius 2 is 2.04 bits per heavy atom. The molecule has 0 radical (unpaired) electrons. The van der Waals surface area contributed by atoms with Gasteiger partial charge in [0, 0.05) is 37.9 Å². The molecule has 2 aromatic rings. The molecule has 1 aromatic carbocycles. The highest BCUT2D eigenvalue weighted by Gasteiger charge is 2.13. The van der Waals surface area contributed by atoms with E-state index in [9.17, 15) is 4.39 Å². The Hall–Kier alpha value is -2.46. The van der Waals surface area contributed by atoms with E-state index >= 15 is 0 Å². The number of pyridine rings is 1. The minimum atomic E-state index is -0.221. The van der Waals surface area contributed by atoms with Crippen molar-refractivity contribution in [3.05, 3.63) is 77.8 Å². The minimum absolute atomic E-state index is 0.221. The molecule has 0 spiro atoms. The van der Waals surface area contributed by atoms with Gasteiger partial charge in [-0.25, -0.2) is 9.37 Å². The van der Waals surface area contributed by atoms with Crippen molar-refractivity contribution in [1.82, 2.24) is 10.3 Å². The SMILES string of the molecule is C=C/C=C(/c1ccc(N2CCNCC2)nc1)c1ccc(F)cc1C. The molecule has 124 valence electrons. The smallest absolute Gasteiger partial charge is 0.128 e. The van der Waals surface area contributed by atoms with E-state index in [2.05, 4.69) is 33.9 Å². The molecule has 2 heterocycles. The highest BCUT2D eigenvalue weighted by Crippen LogP contribution is 2.27. The van der Waals surface area contributed by atoms with Crippen molar-refractivity contribution in [3.8, 4) is 0 Å². The van der Waals surface area contributed by atoms with E-state index in [4.69, 9.17) is 0 Å². The number of hydrogen-bond donors (Lipinski definition) is 1. The number of anilines is 1. The fourth-order valence-corrected chi connectivity index (χ4v) is 3.02. The standard InChI is InChI=1S/C20H22FN3/c1-3-4-19(18-7-6-17(21)13-15(18)2)16-5-8-20(23-14-16)24-11-9-22-10-12-24/h3-8,13-14,22H,1,9-12H2,2H3/b19-4-. The Bertz CT molecular complexity index is 744. The zero-order chi connectivity index (χ0) is 16.9. The van der Waals surface area contributed by atoms with Crippen LogP contribution < -0.4 is 10.2 Å². The van der Waals surface area contributed by atoms with Crippen LogP contribution in [0.1, 0.15) is 16.7 Å². The van der Waals surface area contributed by atoms with Crippen molar-refractivity contribution >= 4 is 11.4 Å². The van der Waals surface area contributed by atoms with Gasteiger partial charge in [-0.05, 0) is 47.9 Å². The molecule has 1 N–H and O–H groups in total. The van der Waals surface area contributed by atoms with E-state index in [1.54, 1.807) is 12.1 Å². The lowest BCUT2D eigenvalue weighted by molar-refractivity contribution is 0.585. The maximum atomic E-state index is 13.4. The molecule has 1 aliphatic rings. The Morgan fingerprint density at radius 1 is 1.25 bits per heavy atom. The van der Waals surface area contributed by atoms with E-state index in [1.165, 1.54) is 6.07 Å². The molecular weight excluding hydrogens is 301 g/mol. The van der Waals surface area contributed by atoms with Crippen molar-refractivity contribution in [2.45, 2.75) is 6.92 Å². The van der Waals surface area contributed by atoms with Crippen LogP contribution in [-0.2, 0) is 0 Å². The summed E-state index contributed by atoms with van der Waals surface area (Å²) in [5, 5.41) is 3.34. The number of nitrogens with zero attached hydrogens (tertiary/aromatic N) is 2. The summed E-state index contributed by atoms with van der Waals surface area (Å²) < 4.78 is 13.4. The molecule has 1 aromatic heterocycles. The lowest BCUT2D eigenvalue weighted by Crippen LogP contribution is -2.43. The summed E-state index contributed by atoms with van der Waals surface area (Å²) in [6.45, 7) is 9.63. The second kappa shape index (κ2) is 7.41. The van der Waals surface area contributed by atoms with Crippen LogP contribution in [0.4, 0.5) is 10.2 Å². The summed E-state index contributed by atoms with van der Waals surface area (Å²) in [7, 11) is 0. The molecule has 1 fully saturated rings. The Kier molecular flexibility index (Phi) is 5.06. The van der Waals surface area contributed by atoms with E-state index in [0.29, 0.717) is 0 Å². The summed E-state index contributed by atoms with van der Waals surface area (Å²) in [6.07, 6.45) is 5.58. The first-order valence-electron chi connectivity index (χ1n) is 8.20. The Labute approximate surface area is 142 Å². The fraction of sp³-hybridized carbons (Fsp3) is 0.250. The van der Waals surface area contributed by atoms with Gasteiger partial charge in [0.25, 0.3) is 0 Å². The second-order valence-electron chi connectivity index (χ2n) is 5.92. The largest absolute Gasteiger partial charge is 0.354 e. The number of aryl methyl sites for hydroxylation is 1. The van der Waals surface area contributed by atoms with E-state index in [-0.39, 0.29) is 5.82 Å². The van der Waals surface area contributed by atoms with Crippen molar-refractivity contribution in [2.75, 3.05) is 31.1 Å². The van der Waals surface area contributed by atoms with Gasteiger partial charge in [0.2, 0.25) is 0 Å². The fourth-order valence-electron chi connectivity index (χ4n) is 3.02. The molecule has 0 bridgehead atoms. The van der Waals surface area contributed by atoms with Crippen LogP contribution in [0.25, 0.3) is 5.57 Å². The molecular formula is C20H22FN3. The molecule has 1 saturated heterocycles. The van der Waals surface area contributed by atoms with Gasteiger partial charge >= 0.3 is 0 Å². The number of allylic oxidation sites excluding steroid dienone is 2. The number of halogens is 1. The molecule has 24 heavy (non-hydrogen) atoms. The summed E-state index contributed by atoms with van der Waals surface area (Å²) in [5.41, 5.74) is 3.90. The first-order valence-corrected chi connectivity index (χ1v) is 8.20. The summed E-state index contributed by atoms with van der Waals surface area (Å²) >= 11 is 0. The van der Waals surface area contributed by atoms with Crippen LogP contribution in [0.15, 0.2) is 55.3 Å². The van der Waals surface area contributed by atoms with Crippen molar-refractivity contribution in [2.24, 2.45) is 0 Å². The lowest BCUT2D eigenvalue weighted by Gasteiger charge is -2.28. The van der Waals surface area contributed by atoms with E-state index < -0.39 is 0 Å². The predicted molar refractivity (Wildman–Crippen MR) is 97.7 cm³/mol. The van der Waals surface area contributed by atoms with Crippen LogP contribution in [0.5, 0.6) is 0 Å². The summed E-state index contributed by atoms with van der Waals surface area (Å²) in [6, 6.07) is 8.97. The predicted octanol–water partition coefficient (Wildman–Crippen LogP) is 3.56. The van der Waals surface area contributed by atoms with Crippen molar-refractivity contribution in [3.63, 3.8) is 0 Å². The summed E-state index contributed by atoms with van der Waals surface area (Å²) in [5.74, 6) is 0.774. The van der Waals surface area contributed by atoms with E-state index in [1.807, 2.05) is 25.3 Å². The Balaban J connectivity index is 1.91. The van der Waals surface area contributed by atoms with Crippen LogP contribution in [0, 0.1) is 12.7 Å². The third-order valence-corrected chi connectivity index (χ3v) is 4.26. The number of hydrogen-bond acceptors (Lipinski definition) is 3. The molecule has 4 heteroatoms. The van der Waals surface area contributed by atoms with Crippen LogP contribution in [-0.4, -0.2) is 31.2 Å². The van der Waals surface area contributed by atoms with Crippen LogP contribution in [0.3, 0.4) is 0 Å². The molecule has 0 unspecified atom stereocenters. The van der Waals surface area contributed by atoms with Gasteiger partial charge < -0.3 is 10.2 Å². The van der Waals surface area contributed by atoms with E-state index in [0.717, 1.165) is 54.3 Å². The zero-order valence-corrected chi connectivity index (χ0v) is 13.9. The first kappa shape index (κ1) is 16.4. The van der Waals surface area contributed by atoms with Crippen molar-refractivity contribution < 1.29 is 4.39 Å². The molecule has 0 atom stereocenters. The topological polar surface area (TPSA) is 28.2 Å². The van der Waals surface area contributed by atoms with Gasteiger partial charge in [0.15, 0.2) is 0 Å². The van der Waals surface area contributed by atoms with Gasteiger partial charge in [-0.1, -0.05) is 24.8 Å². The third-order valence-electron chi connectivity index (χ3n) is 4.26. The van der Waals surface area contributed by atoms with Gasteiger partial charge in [-0.15, -0.1) is 0 Å². The van der Waals surface area contributed by atoms with Crippen molar-refractivity contribution in [1.29, 1.82) is 0 Å². The monoisotopic (exact) mass is 323 g/mol. The lowest BCUT2D eigenvalue weighted by atomic mass is 9.95. The van der Waals surface area contributed by atoms with Crippen LogP contribution >= 0.6 is 0 Å². The zero-order valence-electron chi connectivity index (χ0n) is 13.9. The molecule has 0 saturated carbocycles. The van der Waals surface area contributed by atoms with Gasteiger partial charge in [0.05, 0.1) is 0 Å². The normalized spacial score (nSPS) is 15.4. The highest BCUT2D eigenvalue weighted by molar-refractivity contribution is 5.82. The van der Waals surface area contributed by atoms with Gasteiger partial charge in [-0.2, -0.15) is 0 Å². The van der Waals surface area contributed by atoms with Gasteiger partial charge in [0.1, 0.15) is 11.6 Å². The number of piperazine rings is 1. The number of rotatable bonds is 4. The van der Waals surface area contributed by atoms with Gasteiger partial charge in [-0.3, -0.25) is 0 Å². The van der Waals surface area contributed by atoms with Crippen LogP contribution in [0.2, 0.25) is 0 Å².